The number of benzene rings is 2. The molecule has 5 heteroatoms. The Labute approximate surface area is 169 Å². The largest absolute Gasteiger partial charge is 0.493 e. The fraction of sp³-hybridized carbons (Fsp3) is 0.250. The molecule has 2 heterocycles. The lowest BCUT2D eigenvalue weighted by Gasteiger charge is -2.31. The van der Waals surface area contributed by atoms with Crippen molar-refractivity contribution in [2.24, 2.45) is 0 Å². The van der Waals surface area contributed by atoms with Gasteiger partial charge in [0.25, 0.3) is 0 Å². The number of aromatic nitrogens is 2. The van der Waals surface area contributed by atoms with E-state index in [0.29, 0.717) is 17.8 Å². The summed E-state index contributed by atoms with van der Waals surface area (Å²) in [6.07, 6.45) is 3.17. The van der Waals surface area contributed by atoms with Crippen LogP contribution in [0.15, 0.2) is 65.9 Å². The third kappa shape index (κ3) is 2.85. The average Bonchev–Trinajstić information content (AvgIpc) is 3.09. The molecular weight excluding hydrogens is 362 g/mol. The van der Waals surface area contributed by atoms with Gasteiger partial charge in [-0.1, -0.05) is 49.4 Å². The van der Waals surface area contributed by atoms with Crippen molar-refractivity contribution < 1.29 is 9.90 Å². The number of aryl methyl sites for hydroxylation is 1. The van der Waals surface area contributed by atoms with Crippen LogP contribution in [0.5, 0.6) is 5.88 Å². The number of carbonyl (C=O) groups excluding carboxylic acids is 1. The van der Waals surface area contributed by atoms with Crippen molar-refractivity contribution in [3.05, 3.63) is 82.6 Å². The third-order valence-electron chi connectivity index (χ3n) is 5.92. The minimum absolute atomic E-state index is 0.0770. The molecule has 146 valence electrons. The minimum Gasteiger partial charge on any atom is -0.493 e. The van der Waals surface area contributed by atoms with Gasteiger partial charge in [0.05, 0.1) is 11.3 Å². The molecule has 1 aliphatic heterocycles. The predicted octanol–water partition coefficient (Wildman–Crippen LogP) is 4.70. The number of ketones is 1. The molecule has 3 aromatic rings. The van der Waals surface area contributed by atoms with E-state index in [1.807, 2.05) is 30.3 Å². The number of allylic oxidation sites excluding steroid dienone is 2. The second-order valence-corrected chi connectivity index (χ2v) is 7.66. The summed E-state index contributed by atoms with van der Waals surface area (Å²) < 4.78 is 1.55. The number of para-hydroxylation sites is 1. The van der Waals surface area contributed by atoms with Gasteiger partial charge in [-0.05, 0) is 42.5 Å². The number of Topliss-reactive ketones (excluding diaryl/α,β-unsaturated/α-hetero) is 1. The molecule has 0 saturated heterocycles. The molecular formula is C24H23N3O2. The Balaban J connectivity index is 1.71. The van der Waals surface area contributed by atoms with Crippen molar-refractivity contribution in [1.82, 2.24) is 9.78 Å². The number of rotatable bonds is 3. The van der Waals surface area contributed by atoms with Crippen molar-refractivity contribution in [2.75, 3.05) is 5.32 Å². The van der Waals surface area contributed by atoms with Gasteiger partial charge < -0.3 is 10.4 Å². The molecule has 1 aliphatic carbocycles. The highest BCUT2D eigenvalue weighted by molar-refractivity contribution is 6.01. The zero-order valence-electron chi connectivity index (χ0n) is 16.4. The normalized spacial score (nSPS) is 18.2. The van der Waals surface area contributed by atoms with Gasteiger partial charge in [0, 0.05) is 23.6 Å². The average molecular weight is 385 g/mol. The fourth-order valence-corrected chi connectivity index (χ4v) is 4.42. The molecule has 2 N–H and O–H groups in total. The van der Waals surface area contributed by atoms with Crippen LogP contribution in [0, 0.1) is 0 Å². The quantitative estimate of drug-likeness (QED) is 0.685. The second kappa shape index (κ2) is 6.92. The number of aromatic hydroxyl groups is 1. The SMILES string of the molecule is CCc1ccc([C@H]2C3=C(CCCC3=O)Nc3nn(-c4ccccc4)c(O)c32)cc1. The monoisotopic (exact) mass is 385 g/mol. The Morgan fingerprint density at radius 1 is 1.10 bits per heavy atom. The van der Waals surface area contributed by atoms with E-state index in [9.17, 15) is 9.90 Å². The van der Waals surface area contributed by atoms with Crippen LogP contribution in [0.3, 0.4) is 0 Å². The Morgan fingerprint density at radius 2 is 1.86 bits per heavy atom. The van der Waals surface area contributed by atoms with Crippen LogP contribution in [0.2, 0.25) is 0 Å². The first kappa shape index (κ1) is 17.7. The maximum atomic E-state index is 12.9. The van der Waals surface area contributed by atoms with Crippen molar-refractivity contribution in [3.8, 4) is 11.6 Å². The highest BCUT2D eigenvalue weighted by Crippen LogP contribution is 2.48. The zero-order valence-corrected chi connectivity index (χ0v) is 16.4. The van der Waals surface area contributed by atoms with E-state index in [0.717, 1.165) is 41.8 Å². The van der Waals surface area contributed by atoms with Crippen molar-refractivity contribution in [1.29, 1.82) is 0 Å². The predicted molar refractivity (Wildman–Crippen MR) is 112 cm³/mol. The summed E-state index contributed by atoms with van der Waals surface area (Å²) in [6.45, 7) is 2.12. The number of fused-ring (bicyclic) bond motifs is 1. The van der Waals surface area contributed by atoms with E-state index in [2.05, 4.69) is 41.6 Å². The molecule has 1 atom stereocenters. The van der Waals surface area contributed by atoms with Gasteiger partial charge in [-0.15, -0.1) is 5.10 Å². The highest BCUT2D eigenvalue weighted by atomic mass is 16.3. The van der Waals surface area contributed by atoms with Gasteiger partial charge in [-0.25, -0.2) is 0 Å². The number of carbonyl (C=O) groups is 1. The Hall–Kier alpha value is -3.34. The topological polar surface area (TPSA) is 67.2 Å². The fourth-order valence-electron chi connectivity index (χ4n) is 4.42. The number of hydrogen-bond donors (Lipinski definition) is 2. The molecule has 0 unspecified atom stereocenters. The summed E-state index contributed by atoms with van der Waals surface area (Å²) in [5.74, 6) is 0.552. The van der Waals surface area contributed by atoms with Crippen LogP contribution in [0.25, 0.3) is 5.69 Å². The van der Waals surface area contributed by atoms with Gasteiger partial charge in [-0.3, -0.25) is 4.79 Å². The number of anilines is 1. The molecule has 0 amide bonds. The molecule has 1 aromatic heterocycles. The third-order valence-corrected chi connectivity index (χ3v) is 5.92. The standard InChI is InChI=1S/C24H23N3O2/c1-2-15-11-13-16(14-12-15)20-21-18(9-6-10-19(21)28)25-23-22(20)24(29)27(26-23)17-7-4-3-5-8-17/h3-5,7-8,11-14,20,29H,2,6,9-10H2,1H3,(H,25,26)/t20-/m0/s1. The molecule has 0 saturated carbocycles. The van der Waals surface area contributed by atoms with Crippen LogP contribution in [-0.2, 0) is 11.2 Å². The lowest BCUT2D eigenvalue weighted by molar-refractivity contribution is -0.116. The molecule has 0 spiro atoms. The maximum absolute atomic E-state index is 12.9. The molecule has 0 radical (unpaired) electrons. The lowest BCUT2D eigenvalue weighted by Crippen LogP contribution is -2.26. The molecule has 29 heavy (non-hydrogen) atoms. The first-order valence-electron chi connectivity index (χ1n) is 10.2. The lowest BCUT2D eigenvalue weighted by atomic mass is 9.76. The van der Waals surface area contributed by atoms with E-state index >= 15 is 0 Å². The maximum Gasteiger partial charge on any atom is 0.220 e. The van der Waals surface area contributed by atoms with Gasteiger partial charge in [0.2, 0.25) is 5.88 Å². The van der Waals surface area contributed by atoms with Gasteiger partial charge in [0.1, 0.15) is 0 Å². The molecule has 2 aromatic carbocycles. The summed E-state index contributed by atoms with van der Waals surface area (Å²) in [5, 5.41) is 19.2. The molecule has 2 aliphatic rings. The van der Waals surface area contributed by atoms with Crippen LogP contribution in [-0.4, -0.2) is 20.7 Å². The van der Waals surface area contributed by atoms with Crippen LogP contribution < -0.4 is 5.32 Å². The highest BCUT2D eigenvalue weighted by Gasteiger charge is 2.39. The van der Waals surface area contributed by atoms with Crippen molar-refractivity contribution >= 4 is 11.6 Å². The van der Waals surface area contributed by atoms with Crippen LogP contribution in [0.1, 0.15) is 48.8 Å². The van der Waals surface area contributed by atoms with Crippen molar-refractivity contribution in [2.45, 2.75) is 38.5 Å². The molecule has 5 rings (SSSR count). The Morgan fingerprint density at radius 3 is 2.59 bits per heavy atom. The summed E-state index contributed by atoms with van der Waals surface area (Å²) in [4.78, 5) is 12.9. The van der Waals surface area contributed by atoms with E-state index in [4.69, 9.17) is 0 Å². The van der Waals surface area contributed by atoms with Crippen LogP contribution >= 0.6 is 0 Å². The van der Waals surface area contributed by atoms with Crippen LogP contribution in [0.4, 0.5) is 5.82 Å². The summed E-state index contributed by atoms with van der Waals surface area (Å²) in [5.41, 5.74) is 5.43. The number of hydrogen-bond acceptors (Lipinski definition) is 4. The van der Waals surface area contributed by atoms with E-state index < -0.39 is 0 Å². The first-order valence-corrected chi connectivity index (χ1v) is 10.2. The molecule has 0 bridgehead atoms. The van der Waals surface area contributed by atoms with Gasteiger partial charge >= 0.3 is 0 Å². The van der Waals surface area contributed by atoms with E-state index in [1.165, 1.54) is 5.56 Å². The Kier molecular flexibility index (Phi) is 4.23. The summed E-state index contributed by atoms with van der Waals surface area (Å²) in [7, 11) is 0. The molecule has 5 nitrogen and oxygen atoms in total. The first-order chi connectivity index (χ1) is 14.2. The van der Waals surface area contributed by atoms with Gasteiger partial charge in [-0.2, -0.15) is 4.68 Å². The minimum atomic E-state index is -0.308. The smallest absolute Gasteiger partial charge is 0.220 e. The van der Waals surface area contributed by atoms with Gasteiger partial charge in [0.15, 0.2) is 11.6 Å². The zero-order chi connectivity index (χ0) is 20.0. The van der Waals surface area contributed by atoms with Crippen molar-refractivity contribution in [3.63, 3.8) is 0 Å². The van der Waals surface area contributed by atoms with E-state index in [-0.39, 0.29) is 17.6 Å². The summed E-state index contributed by atoms with van der Waals surface area (Å²) in [6, 6.07) is 17.9. The summed E-state index contributed by atoms with van der Waals surface area (Å²) >= 11 is 0. The van der Waals surface area contributed by atoms with E-state index in [1.54, 1.807) is 4.68 Å². The number of nitrogens with one attached hydrogen (secondary N) is 1. The second-order valence-electron chi connectivity index (χ2n) is 7.66. The molecule has 0 fully saturated rings. The Bertz CT molecular complexity index is 1110. The number of nitrogens with zero attached hydrogens (tertiary/aromatic N) is 2.